The van der Waals surface area contributed by atoms with Gasteiger partial charge in [0, 0.05) is 11.8 Å². The molecular weight excluding hydrogens is 250 g/mol. The number of benzene rings is 1. The summed E-state index contributed by atoms with van der Waals surface area (Å²) in [7, 11) is 0. The van der Waals surface area contributed by atoms with Crippen LogP contribution in [0.25, 0.3) is 0 Å². The molecule has 102 valence electrons. The van der Waals surface area contributed by atoms with Crippen LogP contribution < -0.4 is 10.6 Å². The second-order valence-corrected chi connectivity index (χ2v) is 4.37. The first-order valence-electron chi connectivity index (χ1n) is 6.60. The average molecular weight is 267 g/mol. The molecule has 0 atom stereocenters. The van der Waals surface area contributed by atoms with Gasteiger partial charge in [0.15, 0.2) is 0 Å². The molecule has 1 heterocycles. The predicted octanol–water partition coefficient (Wildman–Crippen LogP) is 3.11. The summed E-state index contributed by atoms with van der Waals surface area (Å²) in [6.45, 7) is 2.39. The third-order valence-electron chi connectivity index (χ3n) is 2.78. The van der Waals surface area contributed by atoms with E-state index in [1.165, 1.54) is 11.9 Å². The van der Waals surface area contributed by atoms with Gasteiger partial charge in [-0.1, -0.05) is 25.5 Å². The Morgan fingerprint density at radius 1 is 1.15 bits per heavy atom. The van der Waals surface area contributed by atoms with Gasteiger partial charge in [-0.15, -0.1) is 0 Å². The Bertz CT molecular complexity index is 586. The zero-order valence-electron chi connectivity index (χ0n) is 11.4. The molecule has 0 saturated carbocycles. The maximum absolute atomic E-state index is 8.53. The minimum absolute atomic E-state index is 0.224. The minimum atomic E-state index is 0.224. The normalized spacial score (nSPS) is 9.80. The predicted molar refractivity (Wildman–Crippen MR) is 79.9 cm³/mol. The summed E-state index contributed by atoms with van der Waals surface area (Å²) in [6, 6.07) is 12.1. The lowest BCUT2D eigenvalue weighted by atomic mass is 10.1. The minimum Gasteiger partial charge on any atom is -0.357 e. The van der Waals surface area contributed by atoms with Crippen LogP contribution in [0.5, 0.6) is 0 Å². The fourth-order valence-electron chi connectivity index (χ4n) is 1.84. The third-order valence-corrected chi connectivity index (χ3v) is 2.78. The zero-order valence-corrected chi connectivity index (χ0v) is 11.4. The zero-order chi connectivity index (χ0) is 14.2. The fraction of sp³-hybridized carbons (Fsp3) is 0.267. The van der Waals surface area contributed by atoms with Gasteiger partial charge in [0.2, 0.25) is 0 Å². The number of anilines is 3. The van der Waals surface area contributed by atoms with Crippen LogP contribution in [0.2, 0.25) is 0 Å². The van der Waals surface area contributed by atoms with Crippen LogP contribution >= 0.6 is 0 Å². The summed E-state index contributed by atoms with van der Waals surface area (Å²) in [6.07, 6.45) is 3.70. The van der Waals surface area contributed by atoms with Crippen LogP contribution in [0.1, 0.15) is 18.9 Å². The Morgan fingerprint density at radius 2 is 1.90 bits per heavy atom. The van der Waals surface area contributed by atoms with Crippen molar-refractivity contribution in [3.63, 3.8) is 0 Å². The second-order valence-electron chi connectivity index (χ2n) is 4.37. The largest absolute Gasteiger partial charge is 0.357 e. The van der Waals surface area contributed by atoms with E-state index in [0.717, 1.165) is 18.5 Å². The summed E-state index contributed by atoms with van der Waals surface area (Å²) in [5.74, 6) is 1.33. The molecule has 1 aromatic heterocycles. The lowest BCUT2D eigenvalue weighted by Crippen LogP contribution is -2.02. The van der Waals surface area contributed by atoms with Gasteiger partial charge >= 0.3 is 0 Å². The van der Waals surface area contributed by atoms with Crippen molar-refractivity contribution in [1.82, 2.24) is 9.97 Å². The van der Waals surface area contributed by atoms with Crippen LogP contribution in [0.4, 0.5) is 17.3 Å². The Balaban J connectivity index is 2.03. The number of nitriles is 1. The van der Waals surface area contributed by atoms with Crippen LogP contribution in [0, 0.1) is 11.3 Å². The van der Waals surface area contributed by atoms with E-state index < -0.39 is 0 Å². The highest BCUT2D eigenvalue weighted by Gasteiger charge is 1.99. The molecule has 0 unspecified atom stereocenters. The summed E-state index contributed by atoms with van der Waals surface area (Å²) >= 11 is 0. The molecule has 0 aliphatic rings. The standard InChI is InChI=1S/C15H17N5/c1-2-3-12-4-6-13(7-5-12)20-15-10-14(17-9-8-16)18-11-19-15/h4-7,10-11H,2-3,9H2,1H3,(H2,17,18,19,20). The van der Waals surface area contributed by atoms with E-state index in [-0.39, 0.29) is 6.54 Å². The van der Waals surface area contributed by atoms with Crippen molar-refractivity contribution < 1.29 is 0 Å². The average Bonchev–Trinajstić information content (AvgIpc) is 2.48. The van der Waals surface area contributed by atoms with Gasteiger partial charge in [-0.25, -0.2) is 9.97 Å². The van der Waals surface area contributed by atoms with E-state index in [9.17, 15) is 0 Å². The monoisotopic (exact) mass is 267 g/mol. The van der Waals surface area contributed by atoms with E-state index >= 15 is 0 Å². The first kappa shape index (κ1) is 13.8. The van der Waals surface area contributed by atoms with Crippen LogP contribution in [-0.2, 0) is 6.42 Å². The molecule has 0 aliphatic heterocycles. The maximum Gasteiger partial charge on any atom is 0.135 e. The number of nitrogens with zero attached hydrogens (tertiary/aromatic N) is 3. The highest BCUT2D eigenvalue weighted by atomic mass is 15.1. The number of aryl methyl sites for hydroxylation is 1. The highest BCUT2D eigenvalue weighted by molar-refractivity contribution is 5.59. The summed E-state index contributed by atoms with van der Waals surface area (Å²) in [4.78, 5) is 8.20. The molecule has 0 fully saturated rings. The van der Waals surface area contributed by atoms with Crippen molar-refractivity contribution in [2.75, 3.05) is 17.2 Å². The van der Waals surface area contributed by atoms with E-state index in [2.05, 4.69) is 39.7 Å². The summed E-state index contributed by atoms with van der Waals surface area (Å²) in [5.41, 5.74) is 2.31. The van der Waals surface area contributed by atoms with Gasteiger partial charge in [-0.3, -0.25) is 0 Å². The Hall–Kier alpha value is -2.61. The van der Waals surface area contributed by atoms with Crippen molar-refractivity contribution in [1.29, 1.82) is 5.26 Å². The lowest BCUT2D eigenvalue weighted by molar-refractivity contribution is 0.922. The van der Waals surface area contributed by atoms with Crippen molar-refractivity contribution in [2.24, 2.45) is 0 Å². The highest BCUT2D eigenvalue weighted by Crippen LogP contribution is 2.17. The molecule has 0 aliphatic carbocycles. The molecule has 2 N–H and O–H groups in total. The molecule has 5 nitrogen and oxygen atoms in total. The number of rotatable bonds is 6. The van der Waals surface area contributed by atoms with Gasteiger partial charge in [-0.2, -0.15) is 5.26 Å². The van der Waals surface area contributed by atoms with E-state index in [4.69, 9.17) is 5.26 Å². The smallest absolute Gasteiger partial charge is 0.135 e. The number of aromatic nitrogens is 2. The van der Waals surface area contributed by atoms with E-state index in [0.29, 0.717) is 11.6 Å². The Kier molecular flexibility index (Phi) is 4.90. The maximum atomic E-state index is 8.53. The molecule has 2 rings (SSSR count). The second kappa shape index (κ2) is 7.10. The van der Waals surface area contributed by atoms with Crippen molar-refractivity contribution in [3.05, 3.63) is 42.2 Å². The number of hydrogen-bond donors (Lipinski definition) is 2. The first-order chi connectivity index (χ1) is 9.81. The SMILES string of the molecule is CCCc1ccc(Nc2cc(NCC#N)ncn2)cc1. The quantitative estimate of drug-likeness (QED) is 0.787. The van der Waals surface area contributed by atoms with Gasteiger partial charge in [0.05, 0.1) is 6.07 Å². The first-order valence-corrected chi connectivity index (χ1v) is 6.60. The van der Waals surface area contributed by atoms with Gasteiger partial charge in [-0.05, 0) is 24.1 Å². The fourth-order valence-corrected chi connectivity index (χ4v) is 1.84. The van der Waals surface area contributed by atoms with Crippen LogP contribution in [-0.4, -0.2) is 16.5 Å². The van der Waals surface area contributed by atoms with Crippen molar-refractivity contribution in [3.8, 4) is 6.07 Å². The summed E-state index contributed by atoms with van der Waals surface area (Å²) in [5, 5.41) is 14.6. The molecular formula is C15H17N5. The molecule has 1 aromatic carbocycles. The van der Waals surface area contributed by atoms with Gasteiger partial charge in [0.25, 0.3) is 0 Å². The number of hydrogen-bond acceptors (Lipinski definition) is 5. The Labute approximate surface area is 118 Å². The molecule has 2 aromatic rings. The van der Waals surface area contributed by atoms with Crippen molar-refractivity contribution >= 4 is 17.3 Å². The molecule has 0 saturated heterocycles. The van der Waals surface area contributed by atoms with Gasteiger partial charge in [0.1, 0.15) is 24.5 Å². The topological polar surface area (TPSA) is 73.6 Å². The summed E-state index contributed by atoms with van der Waals surface area (Å²) < 4.78 is 0. The lowest BCUT2D eigenvalue weighted by Gasteiger charge is -2.08. The van der Waals surface area contributed by atoms with E-state index in [1.807, 2.05) is 18.2 Å². The van der Waals surface area contributed by atoms with E-state index in [1.54, 1.807) is 6.07 Å². The van der Waals surface area contributed by atoms with Gasteiger partial charge < -0.3 is 10.6 Å². The molecule has 0 bridgehead atoms. The van der Waals surface area contributed by atoms with Crippen LogP contribution in [0.3, 0.4) is 0 Å². The molecule has 5 heteroatoms. The van der Waals surface area contributed by atoms with Crippen LogP contribution in [0.15, 0.2) is 36.7 Å². The number of nitrogens with one attached hydrogen (secondary N) is 2. The molecule has 0 amide bonds. The molecule has 0 spiro atoms. The Morgan fingerprint density at radius 3 is 2.60 bits per heavy atom. The molecule has 0 radical (unpaired) electrons. The molecule has 20 heavy (non-hydrogen) atoms. The third kappa shape index (κ3) is 3.95. The van der Waals surface area contributed by atoms with Crippen molar-refractivity contribution in [2.45, 2.75) is 19.8 Å².